The number of hydrogen-bond donors (Lipinski definition) is 0. The van der Waals surface area contributed by atoms with Crippen LogP contribution in [-0.4, -0.2) is 11.6 Å². The molecule has 0 saturated heterocycles. The fourth-order valence-electron chi connectivity index (χ4n) is 2.93. The van der Waals surface area contributed by atoms with Crippen LogP contribution in [-0.2, 0) is 0 Å². The topological polar surface area (TPSA) is 15.6 Å². The Labute approximate surface area is 150 Å². The zero-order valence-electron chi connectivity index (χ0n) is 14.6. The third-order valence-corrected chi connectivity index (χ3v) is 5.75. The number of rotatable bonds is 5. The smallest absolute Gasteiger partial charge is 0.106 e. The van der Waals surface area contributed by atoms with Crippen LogP contribution in [0.25, 0.3) is 0 Å². The molecular weight excluding hydrogens is 312 g/mol. The van der Waals surface area contributed by atoms with Crippen molar-refractivity contribution in [2.24, 2.45) is 4.99 Å². The molecule has 0 amide bonds. The van der Waals surface area contributed by atoms with Crippen molar-refractivity contribution >= 4 is 29.7 Å². The normalized spacial score (nSPS) is 15.8. The van der Waals surface area contributed by atoms with Gasteiger partial charge in [0.05, 0.1) is 11.4 Å². The molecule has 0 aromatic heterocycles. The summed E-state index contributed by atoms with van der Waals surface area (Å²) in [5, 5.41) is 0.699. The van der Waals surface area contributed by atoms with Gasteiger partial charge in [-0.15, -0.1) is 0 Å². The van der Waals surface area contributed by atoms with Gasteiger partial charge in [-0.25, -0.2) is 4.99 Å². The van der Waals surface area contributed by atoms with Crippen molar-refractivity contribution in [1.29, 1.82) is 0 Å². The van der Waals surface area contributed by atoms with Crippen molar-refractivity contribution in [3.63, 3.8) is 0 Å². The third-order valence-electron chi connectivity index (χ3n) is 4.45. The molecule has 1 fully saturated rings. The highest BCUT2D eigenvalue weighted by Gasteiger charge is 2.18. The summed E-state index contributed by atoms with van der Waals surface area (Å²) < 4.78 is 2.25. The summed E-state index contributed by atoms with van der Waals surface area (Å²) >= 11 is 1.93. The Morgan fingerprint density at radius 1 is 0.875 bits per heavy atom. The van der Waals surface area contributed by atoms with E-state index in [4.69, 9.17) is 4.99 Å². The van der Waals surface area contributed by atoms with Crippen LogP contribution >= 0.6 is 11.9 Å². The number of aliphatic imine (C=N–C) groups is 1. The van der Waals surface area contributed by atoms with Gasteiger partial charge in [0, 0.05) is 5.25 Å². The first-order chi connectivity index (χ1) is 11.7. The molecule has 3 heteroatoms. The maximum absolute atomic E-state index is 4.69. The molecule has 0 N–H and O–H groups in total. The van der Waals surface area contributed by atoms with E-state index in [0.29, 0.717) is 5.25 Å². The standard InChI is InChI=1S/C21H26N2S/c1-17-8-12-19(13-9-17)22-16-23(20-14-10-18(2)11-15-20)24-21-6-4-3-5-7-21/h8-16,21H,3-7H2,1-2H3. The fraction of sp³-hybridized carbons (Fsp3) is 0.381. The van der Waals surface area contributed by atoms with E-state index in [-0.39, 0.29) is 0 Å². The van der Waals surface area contributed by atoms with E-state index in [1.54, 1.807) is 0 Å². The Morgan fingerprint density at radius 2 is 1.46 bits per heavy atom. The van der Waals surface area contributed by atoms with Gasteiger partial charge in [-0.3, -0.25) is 4.31 Å². The summed E-state index contributed by atoms with van der Waals surface area (Å²) in [6.45, 7) is 4.23. The Balaban J connectivity index is 1.77. The molecule has 2 nitrogen and oxygen atoms in total. The average Bonchev–Trinajstić information content (AvgIpc) is 2.62. The lowest BCUT2D eigenvalue weighted by Crippen LogP contribution is -2.19. The number of nitrogens with zero attached hydrogens (tertiary/aromatic N) is 2. The number of anilines is 1. The zero-order valence-corrected chi connectivity index (χ0v) is 15.4. The molecule has 24 heavy (non-hydrogen) atoms. The highest BCUT2D eigenvalue weighted by molar-refractivity contribution is 8.01. The van der Waals surface area contributed by atoms with Crippen molar-refractivity contribution in [3.05, 3.63) is 59.7 Å². The first kappa shape index (κ1) is 17.1. The minimum atomic E-state index is 0.699. The predicted octanol–water partition coefficient (Wildman–Crippen LogP) is 6.45. The summed E-state index contributed by atoms with van der Waals surface area (Å²) in [7, 11) is 0. The van der Waals surface area contributed by atoms with E-state index in [1.807, 2.05) is 18.3 Å². The molecule has 0 bridgehead atoms. The van der Waals surface area contributed by atoms with Gasteiger partial charge in [-0.1, -0.05) is 54.7 Å². The molecule has 0 radical (unpaired) electrons. The summed E-state index contributed by atoms with van der Waals surface area (Å²) in [5.74, 6) is 0. The summed E-state index contributed by atoms with van der Waals surface area (Å²) in [6, 6.07) is 17.1. The molecular formula is C21H26N2S. The fourth-order valence-corrected chi connectivity index (χ4v) is 4.14. The second kappa shape index (κ2) is 8.39. The van der Waals surface area contributed by atoms with Gasteiger partial charge in [0.25, 0.3) is 0 Å². The molecule has 1 aliphatic carbocycles. The van der Waals surface area contributed by atoms with Gasteiger partial charge >= 0.3 is 0 Å². The van der Waals surface area contributed by atoms with Gasteiger partial charge in [0.2, 0.25) is 0 Å². The highest BCUT2D eigenvalue weighted by Crippen LogP contribution is 2.33. The van der Waals surface area contributed by atoms with Crippen molar-refractivity contribution in [3.8, 4) is 0 Å². The Morgan fingerprint density at radius 3 is 2.08 bits per heavy atom. The molecule has 2 aromatic carbocycles. The first-order valence-corrected chi connectivity index (χ1v) is 9.68. The van der Waals surface area contributed by atoms with Crippen molar-refractivity contribution < 1.29 is 0 Å². The maximum Gasteiger partial charge on any atom is 0.106 e. The zero-order chi connectivity index (χ0) is 16.8. The van der Waals surface area contributed by atoms with E-state index in [9.17, 15) is 0 Å². The van der Waals surface area contributed by atoms with Crippen LogP contribution in [0.3, 0.4) is 0 Å². The molecule has 2 aromatic rings. The molecule has 1 saturated carbocycles. The summed E-state index contributed by atoms with van der Waals surface area (Å²) in [5.41, 5.74) is 4.76. The van der Waals surface area contributed by atoms with Gasteiger partial charge in [-0.05, 0) is 62.9 Å². The van der Waals surface area contributed by atoms with Crippen molar-refractivity contribution in [2.75, 3.05) is 4.31 Å². The maximum atomic E-state index is 4.69. The van der Waals surface area contributed by atoms with E-state index < -0.39 is 0 Å². The Bertz CT molecular complexity index is 655. The quantitative estimate of drug-likeness (QED) is 0.353. The Kier molecular flexibility index (Phi) is 5.97. The number of aryl methyl sites for hydroxylation is 2. The molecule has 126 valence electrons. The second-order valence-corrected chi connectivity index (χ2v) is 7.88. The molecule has 0 heterocycles. The van der Waals surface area contributed by atoms with Crippen LogP contribution in [0.4, 0.5) is 11.4 Å². The van der Waals surface area contributed by atoms with Crippen LogP contribution in [0.2, 0.25) is 0 Å². The van der Waals surface area contributed by atoms with E-state index in [0.717, 1.165) is 5.69 Å². The lowest BCUT2D eigenvalue weighted by atomic mass is 10.0. The highest BCUT2D eigenvalue weighted by atomic mass is 32.2. The molecule has 0 unspecified atom stereocenters. The van der Waals surface area contributed by atoms with Crippen LogP contribution in [0.5, 0.6) is 0 Å². The molecule has 0 spiro atoms. The van der Waals surface area contributed by atoms with Crippen LogP contribution in [0.15, 0.2) is 53.5 Å². The predicted molar refractivity (Wildman–Crippen MR) is 107 cm³/mol. The van der Waals surface area contributed by atoms with Gasteiger partial charge in [0.1, 0.15) is 6.34 Å². The first-order valence-electron chi connectivity index (χ1n) is 8.84. The van der Waals surface area contributed by atoms with Gasteiger partial charge in [0.15, 0.2) is 0 Å². The minimum Gasteiger partial charge on any atom is -0.274 e. The SMILES string of the molecule is Cc1ccc(N=CN(SC2CCCCC2)c2ccc(C)cc2)cc1. The average molecular weight is 339 g/mol. The van der Waals surface area contributed by atoms with Crippen LogP contribution in [0.1, 0.15) is 43.2 Å². The molecule has 0 aliphatic heterocycles. The minimum absolute atomic E-state index is 0.699. The van der Waals surface area contributed by atoms with E-state index >= 15 is 0 Å². The van der Waals surface area contributed by atoms with Gasteiger partial charge < -0.3 is 0 Å². The number of hydrogen-bond acceptors (Lipinski definition) is 2. The van der Waals surface area contributed by atoms with Crippen LogP contribution < -0.4 is 4.31 Å². The van der Waals surface area contributed by atoms with E-state index in [2.05, 4.69) is 66.7 Å². The lowest BCUT2D eigenvalue weighted by Gasteiger charge is -2.27. The lowest BCUT2D eigenvalue weighted by molar-refractivity contribution is 0.516. The van der Waals surface area contributed by atoms with Gasteiger partial charge in [-0.2, -0.15) is 0 Å². The monoisotopic (exact) mass is 338 g/mol. The molecule has 1 aliphatic rings. The van der Waals surface area contributed by atoms with Crippen LogP contribution in [0, 0.1) is 13.8 Å². The number of benzene rings is 2. The summed E-state index contributed by atoms with van der Waals surface area (Å²) in [6.07, 6.45) is 8.70. The van der Waals surface area contributed by atoms with Crippen molar-refractivity contribution in [2.45, 2.75) is 51.2 Å². The van der Waals surface area contributed by atoms with E-state index in [1.165, 1.54) is 48.9 Å². The molecule has 3 rings (SSSR count). The Hall–Kier alpha value is -1.74. The summed E-state index contributed by atoms with van der Waals surface area (Å²) in [4.78, 5) is 4.69. The second-order valence-electron chi connectivity index (χ2n) is 6.61. The molecule has 0 atom stereocenters. The largest absolute Gasteiger partial charge is 0.274 e. The van der Waals surface area contributed by atoms with Crippen molar-refractivity contribution in [1.82, 2.24) is 0 Å². The third kappa shape index (κ3) is 4.88.